The minimum Gasteiger partial charge on any atom is -0.244 e. The molecule has 0 amide bonds. The van der Waals surface area contributed by atoms with Crippen molar-refractivity contribution in [2.24, 2.45) is 5.41 Å². The van der Waals surface area contributed by atoms with Gasteiger partial charge in [-0.3, -0.25) is 0 Å². The monoisotopic (exact) mass is 142 g/mol. The molecule has 0 aromatic heterocycles. The van der Waals surface area contributed by atoms with Crippen molar-refractivity contribution in [1.29, 1.82) is 0 Å². The third-order valence-electron chi connectivity index (χ3n) is 3.53. The average molecular weight is 142 g/mol. The largest absolute Gasteiger partial charge is 0.244 e. The maximum absolute atomic E-state index is 13.5. The van der Waals surface area contributed by atoms with Gasteiger partial charge in [-0.1, -0.05) is 6.92 Å². The second-order valence-corrected chi connectivity index (χ2v) is 4.46. The fourth-order valence-corrected chi connectivity index (χ4v) is 2.33. The molecule has 0 aromatic rings. The molecule has 0 nitrogen and oxygen atoms in total. The van der Waals surface area contributed by atoms with Crippen molar-refractivity contribution in [3.63, 3.8) is 0 Å². The van der Waals surface area contributed by atoms with Crippen molar-refractivity contribution in [3.05, 3.63) is 0 Å². The molecule has 0 N–H and O–H groups in total. The van der Waals surface area contributed by atoms with E-state index in [1.54, 1.807) is 0 Å². The van der Waals surface area contributed by atoms with Crippen LogP contribution in [-0.4, -0.2) is 5.67 Å². The van der Waals surface area contributed by atoms with Crippen LogP contribution in [0.3, 0.4) is 0 Å². The molecule has 3 aliphatic carbocycles. The highest BCUT2D eigenvalue weighted by molar-refractivity contribution is 4.97. The summed E-state index contributed by atoms with van der Waals surface area (Å²) >= 11 is 0. The highest BCUT2D eigenvalue weighted by atomic mass is 19.1. The number of halogens is 1. The summed E-state index contributed by atoms with van der Waals surface area (Å²) in [6, 6.07) is 0. The Labute approximate surface area is 61.8 Å². The van der Waals surface area contributed by atoms with Gasteiger partial charge in [0, 0.05) is 0 Å². The lowest BCUT2D eigenvalue weighted by atomic mass is 9.60. The van der Waals surface area contributed by atoms with Gasteiger partial charge in [-0.25, -0.2) is 4.39 Å². The summed E-state index contributed by atoms with van der Waals surface area (Å²) in [7, 11) is 0. The fraction of sp³-hybridized carbons (Fsp3) is 1.00. The van der Waals surface area contributed by atoms with Crippen molar-refractivity contribution in [3.8, 4) is 0 Å². The van der Waals surface area contributed by atoms with Crippen LogP contribution in [-0.2, 0) is 0 Å². The molecular weight excluding hydrogens is 127 g/mol. The summed E-state index contributed by atoms with van der Waals surface area (Å²) in [5, 5.41) is 0. The molecule has 0 aromatic carbocycles. The van der Waals surface area contributed by atoms with Crippen LogP contribution < -0.4 is 0 Å². The van der Waals surface area contributed by atoms with Crippen LogP contribution in [0, 0.1) is 5.41 Å². The average Bonchev–Trinajstić information content (AvgIpc) is 1.93. The first-order valence-electron chi connectivity index (χ1n) is 4.31. The molecule has 58 valence electrons. The van der Waals surface area contributed by atoms with E-state index in [1.807, 2.05) is 0 Å². The molecule has 3 saturated carbocycles. The first-order valence-corrected chi connectivity index (χ1v) is 4.31. The van der Waals surface area contributed by atoms with Crippen LogP contribution in [0.5, 0.6) is 0 Å². The predicted octanol–water partition coefficient (Wildman–Crippen LogP) is 3.07. The Bertz CT molecular complexity index is 108. The Balaban J connectivity index is 2.16. The zero-order valence-corrected chi connectivity index (χ0v) is 6.62. The molecule has 3 fully saturated rings. The first kappa shape index (κ1) is 6.63. The van der Waals surface area contributed by atoms with Gasteiger partial charge in [0.15, 0.2) is 0 Å². The molecule has 2 bridgehead atoms. The van der Waals surface area contributed by atoms with Crippen LogP contribution >= 0.6 is 0 Å². The molecular formula is C9H15F. The van der Waals surface area contributed by atoms with Gasteiger partial charge >= 0.3 is 0 Å². The van der Waals surface area contributed by atoms with Gasteiger partial charge in [0.2, 0.25) is 0 Å². The first-order chi connectivity index (χ1) is 4.62. The van der Waals surface area contributed by atoms with Gasteiger partial charge in [-0.05, 0) is 43.9 Å². The molecule has 0 unspecified atom stereocenters. The topological polar surface area (TPSA) is 0 Å². The van der Waals surface area contributed by atoms with E-state index < -0.39 is 5.67 Å². The van der Waals surface area contributed by atoms with Gasteiger partial charge in [0.1, 0.15) is 5.67 Å². The zero-order chi connectivity index (χ0) is 7.24. The van der Waals surface area contributed by atoms with Gasteiger partial charge in [0.05, 0.1) is 0 Å². The number of hydrogen-bond donors (Lipinski definition) is 0. The molecule has 3 aliphatic rings. The van der Waals surface area contributed by atoms with E-state index in [2.05, 4.69) is 6.92 Å². The van der Waals surface area contributed by atoms with Gasteiger partial charge in [-0.15, -0.1) is 0 Å². The van der Waals surface area contributed by atoms with E-state index in [0.717, 1.165) is 38.5 Å². The number of alkyl halides is 1. The number of hydrogen-bond acceptors (Lipinski definition) is 0. The van der Waals surface area contributed by atoms with Crippen molar-refractivity contribution < 1.29 is 4.39 Å². The summed E-state index contributed by atoms with van der Waals surface area (Å²) in [6.07, 6.45) is 5.90. The highest BCUT2D eigenvalue weighted by Crippen LogP contribution is 2.53. The second-order valence-electron chi connectivity index (χ2n) is 4.46. The summed E-state index contributed by atoms with van der Waals surface area (Å²) in [4.78, 5) is 0. The Morgan fingerprint density at radius 3 is 1.60 bits per heavy atom. The van der Waals surface area contributed by atoms with E-state index in [0.29, 0.717) is 5.41 Å². The SMILES string of the molecule is CC12CCC(F)(CC1)CC2. The second kappa shape index (κ2) is 1.75. The van der Waals surface area contributed by atoms with Gasteiger partial charge in [0.25, 0.3) is 0 Å². The molecule has 1 heteroatoms. The lowest BCUT2D eigenvalue weighted by Crippen LogP contribution is -2.41. The number of fused-ring (bicyclic) bond motifs is 3. The van der Waals surface area contributed by atoms with Crippen LogP contribution in [0.15, 0.2) is 0 Å². The molecule has 0 saturated heterocycles. The smallest absolute Gasteiger partial charge is 0.111 e. The summed E-state index contributed by atoms with van der Waals surface area (Å²) in [5.74, 6) is 0. The van der Waals surface area contributed by atoms with Crippen LogP contribution in [0.25, 0.3) is 0 Å². The molecule has 0 aliphatic heterocycles. The van der Waals surface area contributed by atoms with Crippen LogP contribution in [0.2, 0.25) is 0 Å². The summed E-state index contributed by atoms with van der Waals surface area (Å²) in [5.41, 5.74) is -0.217. The van der Waals surface area contributed by atoms with Crippen molar-refractivity contribution >= 4 is 0 Å². The quantitative estimate of drug-likeness (QED) is 0.487. The molecule has 0 atom stereocenters. The predicted molar refractivity (Wildman–Crippen MR) is 39.6 cm³/mol. The Hall–Kier alpha value is -0.0700. The van der Waals surface area contributed by atoms with Crippen molar-refractivity contribution in [2.75, 3.05) is 0 Å². The maximum Gasteiger partial charge on any atom is 0.111 e. The van der Waals surface area contributed by atoms with E-state index in [-0.39, 0.29) is 0 Å². The van der Waals surface area contributed by atoms with E-state index >= 15 is 0 Å². The molecule has 0 heterocycles. The summed E-state index contributed by atoms with van der Waals surface area (Å²) in [6.45, 7) is 2.31. The van der Waals surface area contributed by atoms with E-state index in [1.165, 1.54) is 0 Å². The number of rotatable bonds is 0. The van der Waals surface area contributed by atoms with E-state index in [9.17, 15) is 4.39 Å². The minimum absolute atomic E-state index is 0.522. The highest BCUT2D eigenvalue weighted by Gasteiger charge is 2.46. The van der Waals surface area contributed by atoms with E-state index in [4.69, 9.17) is 0 Å². The van der Waals surface area contributed by atoms with Gasteiger partial charge < -0.3 is 0 Å². The summed E-state index contributed by atoms with van der Waals surface area (Å²) < 4.78 is 13.5. The lowest BCUT2D eigenvalue weighted by molar-refractivity contribution is -0.0248. The Morgan fingerprint density at radius 1 is 0.900 bits per heavy atom. The zero-order valence-electron chi connectivity index (χ0n) is 6.62. The van der Waals surface area contributed by atoms with Crippen molar-refractivity contribution in [1.82, 2.24) is 0 Å². The molecule has 0 radical (unpaired) electrons. The van der Waals surface area contributed by atoms with Crippen LogP contribution in [0.4, 0.5) is 4.39 Å². The third kappa shape index (κ3) is 0.869. The Kier molecular flexibility index (Phi) is 1.16. The maximum atomic E-state index is 13.5. The van der Waals surface area contributed by atoms with Gasteiger partial charge in [-0.2, -0.15) is 0 Å². The molecule has 3 rings (SSSR count). The standard InChI is InChI=1S/C9H15F/c1-8-2-5-9(10,6-3-8)7-4-8/h2-7H2,1H3. The minimum atomic E-state index is -0.738. The lowest BCUT2D eigenvalue weighted by Gasteiger charge is -2.47. The Morgan fingerprint density at radius 2 is 1.30 bits per heavy atom. The third-order valence-corrected chi connectivity index (χ3v) is 3.53. The fourth-order valence-electron chi connectivity index (χ4n) is 2.33. The molecule has 10 heavy (non-hydrogen) atoms. The molecule has 0 spiro atoms. The van der Waals surface area contributed by atoms with Crippen LogP contribution in [0.1, 0.15) is 45.4 Å². The normalized spacial score (nSPS) is 53.4. The van der Waals surface area contributed by atoms with Crippen molar-refractivity contribution in [2.45, 2.75) is 51.1 Å².